The minimum absolute atomic E-state index is 0.222. The third-order valence-electron chi connectivity index (χ3n) is 0.766. The summed E-state index contributed by atoms with van der Waals surface area (Å²) in [5.74, 6) is -1.46. The first-order valence-electron chi connectivity index (χ1n) is 3.48. The Morgan fingerprint density at radius 3 is 1.45 bits per heavy atom. The Kier molecular flexibility index (Phi) is 10.2. The van der Waals surface area contributed by atoms with E-state index in [2.05, 4.69) is 0 Å². The summed E-state index contributed by atoms with van der Waals surface area (Å²) in [4.78, 5) is 19.0. The first kappa shape index (κ1) is 12.6. The lowest BCUT2D eigenvalue weighted by Crippen LogP contribution is -1.90. The van der Waals surface area contributed by atoms with Gasteiger partial charge in [0.1, 0.15) is 0 Å². The van der Waals surface area contributed by atoms with E-state index in [-0.39, 0.29) is 6.42 Å². The lowest BCUT2D eigenvalue weighted by molar-refractivity contribution is -0.137. The summed E-state index contributed by atoms with van der Waals surface area (Å²) in [5.41, 5.74) is 0. The van der Waals surface area contributed by atoms with Gasteiger partial charge in [0.25, 0.3) is 0 Å². The van der Waals surface area contributed by atoms with Crippen LogP contribution in [0.3, 0.4) is 0 Å². The van der Waals surface area contributed by atoms with E-state index >= 15 is 0 Å². The van der Waals surface area contributed by atoms with Crippen molar-refractivity contribution < 1.29 is 19.8 Å². The minimum atomic E-state index is -0.745. The van der Waals surface area contributed by atoms with Crippen molar-refractivity contribution in [2.45, 2.75) is 33.1 Å². The highest BCUT2D eigenvalue weighted by atomic mass is 16.4. The Morgan fingerprint density at radius 1 is 1.09 bits per heavy atom. The normalized spacial score (nSPS) is 7.82. The smallest absolute Gasteiger partial charge is 0.303 e. The van der Waals surface area contributed by atoms with Crippen LogP contribution in [0.5, 0.6) is 0 Å². The molecule has 0 rings (SSSR count). The van der Waals surface area contributed by atoms with Gasteiger partial charge in [-0.1, -0.05) is 13.8 Å². The van der Waals surface area contributed by atoms with Crippen molar-refractivity contribution in [1.82, 2.24) is 0 Å². The highest BCUT2D eigenvalue weighted by Gasteiger charge is 1.87. The fraction of sp³-hybridized carbons (Fsp3) is 0.714. The highest BCUT2D eigenvalue weighted by Crippen LogP contribution is 1.82. The van der Waals surface area contributed by atoms with Crippen LogP contribution >= 0.6 is 0 Å². The summed E-state index contributed by atoms with van der Waals surface area (Å²) in [6.07, 6.45) is 1.25. The van der Waals surface area contributed by atoms with E-state index in [1.165, 1.54) is 0 Å². The van der Waals surface area contributed by atoms with Crippen LogP contribution in [0.2, 0.25) is 0 Å². The molecule has 0 saturated heterocycles. The molecule has 4 nitrogen and oxygen atoms in total. The largest absolute Gasteiger partial charge is 0.481 e. The van der Waals surface area contributed by atoms with Crippen molar-refractivity contribution in [3.63, 3.8) is 0 Å². The fourth-order valence-corrected chi connectivity index (χ4v) is 0.214. The summed E-state index contributed by atoms with van der Waals surface area (Å²) >= 11 is 0. The van der Waals surface area contributed by atoms with Gasteiger partial charge in [-0.05, 0) is 6.42 Å². The first-order valence-corrected chi connectivity index (χ1v) is 3.48. The third kappa shape index (κ3) is 27.7. The molecule has 4 heteroatoms. The van der Waals surface area contributed by atoms with E-state index in [0.29, 0.717) is 6.42 Å². The summed E-state index contributed by atoms with van der Waals surface area (Å²) < 4.78 is 0. The number of carboxylic acids is 2. The second kappa shape index (κ2) is 8.94. The molecule has 0 amide bonds. The first-order chi connectivity index (χ1) is 5.04. The van der Waals surface area contributed by atoms with Gasteiger partial charge in [0, 0.05) is 12.8 Å². The van der Waals surface area contributed by atoms with Gasteiger partial charge < -0.3 is 10.2 Å². The van der Waals surface area contributed by atoms with Crippen LogP contribution in [0, 0.1) is 0 Å². The molecule has 0 radical (unpaired) electrons. The van der Waals surface area contributed by atoms with E-state index < -0.39 is 11.9 Å². The predicted octanol–water partition coefficient (Wildman–Crippen LogP) is 1.35. The Hall–Kier alpha value is -1.06. The van der Waals surface area contributed by atoms with E-state index in [4.69, 9.17) is 10.2 Å². The lowest BCUT2D eigenvalue weighted by Gasteiger charge is -1.79. The molecule has 0 aromatic heterocycles. The van der Waals surface area contributed by atoms with Crippen LogP contribution in [0.25, 0.3) is 0 Å². The third-order valence-corrected chi connectivity index (χ3v) is 0.766. The molecule has 0 aliphatic rings. The number of hydrogen-bond acceptors (Lipinski definition) is 2. The summed E-state index contributed by atoms with van der Waals surface area (Å²) in [5, 5.41) is 15.6. The molecule has 0 heterocycles. The van der Waals surface area contributed by atoms with Crippen molar-refractivity contribution in [2.24, 2.45) is 0 Å². The topological polar surface area (TPSA) is 74.6 Å². The zero-order valence-corrected chi connectivity index (χ0v) is 6.83. The zero-order chi connectivity index (χ0) is 9.28. The molecule has 0 spiro atoms. The van der Waals surface area contributed by atoms with Crippen molar-refractivity contribution in [3.8, 4) is 0 Å². The van der Waals surface area contributed by atoms with Gasteiger partial charge in [0.05, 0.1) is 0 Å². The van der Waals surface area contributed by atoms with Gasteiger partial charge in [-0.15, -0.1) is 0 Å². The molecule has 66 valence electrons. The molecule has 0 aromatic carbocycles. The van der Waals surface area contributed by atoms with Crippen LogP contribution in [0.4, 0.5) is 0 Å². The molecule has 0 unspecified atom stereocenters. The predicted molar refractivity (Wildman–Crippen MR) is 40.5 cm³/mol. The van der Waals surface area contributed by atoms with Crippen molar-refractivity contribution >= 4 is 11.9 Å². The van der Waals surface area contributed by atoms with E-state index in [1.54, 1.807) is 6.92 Å². The lowest BCUT2D eigenvalue weighted by atomic mass is 10.4. The Labute approximate surface area is 65.8 Å². The van der Waals surface area contributed by atoms with Crippen LogP contribution in [0.15, 0.2) is 0 Å². The average molecular weight is 162 g/mol. The van der Waals surface area contributed by atoms with Crippen molar-refractivity contribution in [3.05, 3.63) is 0 Å². The van der Waals surface area contributed by atoms with Crippen molar-refractivity contribution in [2.75, 3.05) is 0 Å². The zero-order valence-electron chi connectivity index (χ0n) is 6.83. The van der Waals surface area contributed by atoms with Crippen LogP contribution in [0.1, 0.15) is 33.1 Å². The average Bonchev–Trinajstić information content (AvgIpc) is 1.89. The van der Waals surface area contributed by atoms with Crippen molar-refractivity contribution in [1.29, 1.82) is 0 Å². The van der Waals surface area contributed by atoms with Crippen LogP contribution < -0.4 is 0 Å². The number of carbonyl (C=O) groups is 2. The molecular weight excluding hydrogens is 148 g/mol. The standard InChI is InChI=1S/C4H8O2.C3H6O2/c1-2-3-4(5)6;1-2-3(4)5/h2-3H2,1H3,(H,5,6);2H2,1H3,(H,4,5). The summed E-state index contributed by atoms with van der Waals surface area (Å²) in [6.45, 7) is 3.44. The summed E-state index contributed by atoms with van der Waals surface area (Å²) in [6, 6.07) is 0. The Bertz CT molecular complexity index is 120. The van der Waals surface area contributed by atoms with Gasteiger partial charge in [-0.3, -0.25) is 9.59 Å². The summed E-state index contributed by atoms with van der Waals surface area (Å²) in [7, 11) is 0. The molecule has 0 bridgehead atoms. The maximum Gasteiger partial charge on any atom is 0.303 e. The maximum absolute atomic E-state index is 9.60. The fourth-order valence-electron chi connectivity index (χ4n) is 0.214. The maximum atomic E-state index is 9.60. The van der Waals surface area contributed by atoms with Gasteiger partial charge >= 0.3 is 11.9 Å². The Morgan fingerprint density at radius 2 is 1.45 bits per heavy atom. The molecule has 0 aliphatic carbocycles. The van der Waals surface area contributed by atoms with Gasteiger partial charge in [-0.25, -0.2) is 0 Å². The Balaban J connectivity index is 0. The molecule has 0 saturated carbocycles. The SMILES string of the molecule is CCC(=O)O.CCCC(=O)O. The quantitative estimate of drug-likeness (QED) is 0.656. The molecular formula is C7H14O4. The van der Waals surface area contributed by atoms with E-state index in [9.17, 15) is 9.59 Å². The molecule has 0 aliphatic heterocycles. The molecule has 2 N–H and O–H groups in total. The monoisotopic (exact) mass is 162 g/mol. The molecule has 0 atom stereocenters. The van der Waals surface area contributed by atoms with E-state index in [1.807, 2.05) is 6.92 Å². The van der Waals surface area contributed by atoms with Crippen LogP contribution in [-0.4, -0.2) is 22.2 Å². The number of hydrogen-bond donors (Lipinski definition) is 2. The molecule has 0 fully saturated rings. The minimum Gasteiger partial charge on any atom is -0.481 e. The number of aliphatic carboxylic acids is 2. The highest BCUT2D eigenvalue weighted by molar-refractivity contribution is 5.66. The van der Waals surface area contributed by atoms with Gasteiger partial charge in [-0.2, -0.15) is 0 Å². The van der Waals surface area contributed by atoms with Crippen LogP contribution in [-0.2, 0) is 9.59 Å². The van der Waals surface area contributed by atoms with E-state index in [0.717, 1.165) is 6.42 Å². The van der Waals surface area contributed by atoms with Gasteiger partial charge in [0.15, 0.2) is 0 Å². The van der Waals surface area contributed by atoms with Gasteiger partial charge in [0.2, 0.25) is 0 Å². The second-order valence-corrected chi connectivity index (χ2v) is 1.89. The number of rotatable bonds is 3. The second-order valence-electron chi connectivity index (χ2n) is 1.89. The molecule has 0 aromatic rings. The molecule has 11 heavy (non-hydrogen) atoms. The number of carboxylic acid groups (broad SMARTS) is 2.